The molecule has 122 valence electrons. The van der Waals surface area contributed by atoms with Gasteiger partial charge in [0.2, 0.25) is 0 Å². The number of nitro benzene ring substituents is 1. The minimum atomic E-state index is -1.47. The van der Waals surface area contributed by atoms with Crippen molar-refractivity contribution in [1.29, 1.82) is 5.26 Å². The molecule has 23 heavy (non-hydrogen) atoms. The molecule has 0 radical (unpaired) electrons. The van der Waals surface area contributed by atoms with Crippen LogP contribution in [0.1, 0.15) is 42.6 Å². The molecule has 0 heterocycles. The van der Waals surface area contributed by atoms with Crippen LogP contribution in [0.25, 0.3) is 0 Å². The molecule has 0 saturated heterocycles. The molecule has 0 aliphatic heterocycles. The van der Waals surface area contributed by atoms with E-state index in [2.05, 4.69) is 4.74 Å². The molecule has 8 nitrogen and oxygen atoms in total. The van der Waals surface area contributed by atoms with Crippen molar-refractivity contribution in [2.45, 2.75) is 32.3 Å². The molecule has 0 spiro atoms. The van der Waals surface area contributed by atoms with Crippen molar-refractivity contribution in [3.05, 3.63) is 39.4 Å². The first-order chi connectivity index (χ1) is 10.6. The molecular formula is C15H16N2O6. The summed E-state index contributed by atoms with van der Waals surface area (Å²) in [7, 11) is 1.14. The second-order valence-corrected chi connectivity index (χ2v) is 5.62. The second kappa shape index (κ2) is 6.87. The molecule has 0 fully saturated rings. The Morgan fingerprint density at radius 3 is 2.39 bits per heavy atom. The van der Waals surface area contributed by atoms with Crippen molar-refractivity contribution in [2.24, 2.45) is 0 Å². The van der Waals surface area contributed by atoms with Crippen LogP contribution in [0.4, 0.5) is 5.69 Å². The van der Waals surface area contributed by atoms with Gasteiger partial charge in [0.05, 0.1) is 29.2 Å². The molecule has 8 heteroatoms. The number of nitro groups is 1. The van der Waals surface area contributed by atoms with E-state index in [-0.39, 0.29) is 11.1 Å². The van der Waals surface area contributed by atoms with Gasteiger partial charge in [0, 0.05) is 6.07 Å². The first-order valence-corrected chi connectivity index (χ1v) is 6.60. The zero-order valence-electron chi connectivity index (χ0n) is 13.2. The summed E-state index contributed by atoms with van der Waals surface area (Å²) < 4.78 is 9.60. The van der Waals surface area contributed by atoms with Gasteiger partial charge in [0.1, 0.15) is 5.60 Å². The highest BCUT2D eigenvalue weighted by molar-refractivity contribution is 5.91. The zero-order valence-corrected chi connectivity index (χ0v) is 13.2. The Kier molecular flexibility index (Phi) is 5.41. The van der Waals surface area contributed by atoms with Gasteiger partial charge in [-0.15, -0.1) is 0 Å². The third-order valence-corrected chi connectivity index (χ3v) is 2.73. The van der Waals surface area contributed by atoms with Crippen LogP contribution in [0.2, 0.25) is 0 Å². The minimum Gasteiger partial charge on any atom is -0.465 e. The van der Waals surface area contributed by atoms with Gasteiger partial charge in [-0.2, -0.15) is 5.26 Å². The van der Waals surface area contributed by atoms with Crippen molar-refractivity contribution in [1.82, 2.24) is 0 Å². The van der Waals surface area contributed by atoms with Crippen LogP contribution in [0.5, 0.6) is 0 Å². The summed E-state index contributed by atoms with van der Waals surface area (Å²) in [5, 5.41) is 20.4. The third kappa shape index (κ3) is 4.51. The van der Waals surface area contributed by atoms with Gasteiger partial charge < -0.3 is 9.47 Å². The molecule has 0 aromatic heterocycles. The number of hydrogen-bond donors (Lipinski definition) is 0. The quantitative estimate of drug-likeness (QED) is 0.474. The molecule has 1 aromatic carbocycles. The molecule has 1 aromatic rings. The monoisotopic (exact) mass is 320 g/mol. The smallest absolute Gasteiger partial charge is 0.338 e. The number of nitrogens with zero attached hydrogens (tertiary/aromatic N) is 2. The highest BCUT2D eigenvalue weighted by atomic mass is 16.6. The maximum absolute atomic E-state index is 12.1. The number of ether oxygens (including phenoxy) is 2. The molecular weight excluding hydrogens is 304 g/mol. The van der Waals surface area contributed by atoms with Gasteiger partial charge >= 0.3 is 11.9 Å². The van der Waals surface area contributed by atoms with E-state index in [1.165, 1.54) is 12.1 Å². The van der Waals surface area contributed by atoms with E-state index in [1.807, 2.05) is 0 Å². The standard InChI is InChI=1S/C15H16N2O6/c1-15(2,3)23-14(19)11(8-16)10-6-5-9(13(18)22-4)7-12(10)17(20)21/h5-7,11H,1-4H3. The van der Waals surface area contributed by atoms with Gasteiger partial charge in [-0.3, -0.25) is 14.9 Å². The average Bonchev–Trinajstić information content (AvgIpc) is 2.45. The summed E-state index contributed by atoms with van der Waals surface area (Å²) in [6.07, 6.45) is 0. The van der Waals surface area contributed by atoms with E-state index in [0.29, 0.717) is 0 Å². The molecule has 1 rings (SSSR count). The fourth-order valence-electron chi connectivity index (χ4n) is 1.80. The lowest BCUT2D eigenvalue weighted by Crippen LogP contribution is -2.27. The Bertz CT molecular complexity index is 684. The number of esters is 2. The number of benzene rings is 1. The average molecular weight is 320 g/mol. The van der Waals surface area contributed by atoms with Crippen LogP contribution < -0.4 is 0 Å². The van der Waals surface area contributed by atoms with Crippen LogP contribution in [-0.2, 0) is 14.3 Å². The summed E-state index contributed by atoms with van der Waals surface area (Å²) in [5.41, 5.74) is -1.55. The number of rotatable bonds is 4. The number of methoxy groups -OCH3 is 1. The lowest BCUT2D eigenvalue weighted by Gasteiger charge is -2.21. The molecule has 0 saturated carbocycles. The largest absolute Gasteiger partial charge is 0.465 e. The Labute approximate surface area is 132 Å². The third-order valence-electron chi connectivity index (χ3n) is 2.73. The van der Waals surface area contributed by atoms with Crippen LogP contribution in [0.15, 0.2) is 18.2 Å². The van der Waals surface area contributed by atoms with E-state index in [4.69, 9.17) is 4.74 Å². The summed E-state index contributed by atoms with van der Waals surface area (Å²) >= 11 is 0. The first-order valence-electron chi connectivity index (χ1n) is 6.60. The van der Waals surface area contributed by atoms with Crippen molar-refractivity contribution < 1.29 is 24.0 Å². The Morgan fingerprint density at radius 2 is 1.96 bits per heavy atom. The van der Waals surface area contributed by atoms with E-state index in [0.717, 1.165) is 13.2 Å². The Morgan fingerprint density at radius 1 is 1.35 bits per heavy atom. The van der Waals surface area contributed by atoms with Gasteiger partial charge in [-0.05, 0) is 32.9 Å². The fraction of sp³-hybridized carbons (Fsp3) is 0.400. The molecule has 1 atom stereocenters. The Hall–Kier alpha value is -2.95. The van der Waals surface area contributed by atoms with Crippen LogP contribution in [0, 0.1) is 21.4 Å². The van der Waals surface area contributed by atoms with E-state index in [1.54, 1.807) is 26.8 Å². The SMILES string of the molecule is COC(=O)c1ccc(C(C#N)C(=O)OC(C)(C)C)c([N+](=O)[O-])c1. The Balaban J connectivity index is 3.34. The van der Waals surface area contributed by atoms with Crippen LogP contribution >= 0.6 is 0 Å². The topological polar surface area (TPSA) is 120 Å². The predicted octanol–water partition coefficient (Wildman–Crippen LogP) is 2.33. The summed E-state index contributed by atoms with van der Waals surface area (Å²) in [4.78, 5) is 34.0. The molecule has 1 unspecified atom stereocenters. The lowest BCUT2D eigenvalue weighted by atomic mass is 9.97. The molecule has 0 N–H and O–H groups in total. The van der Waals surface area contributed by atoms with E-state index >= 15 is 0 Å². The van der Waals surface area contributed by atoms with Gasteiger partial charge in [-0.25, -0.2) is 4.79 Å². The van der Waals surface area contributed by atoms with Crippen molar-refractivity contribution >= 4 is 17.6 Å². The summed E-state index contributed by atoms with van der Waals surface area (Å²) in [6, 6.07) is 5.11. The van der Waals surface area contributed by atoms with Crippen LogP contribution in [-0.4, -0.2) is 29.6 Å². The lowest BCUT2D eigenvalue weighted by molar-refractivity contribution is -0.385. The van der Waals surface area contributed by atoms with Crippen molar-refractivity contribution in [3.63, 3.8) is 0 Å². The van der Waals surface area contributed by atoms with E-state index in [9.17, 15) is 25.0 Å². The predicted molar refractivity (Wildman–Crippen MR) is 78.6 cm³/mol. The van der Waals surface area contributed by atoms with Gasteiger partial charge in [0.25, 0.3) is 5.69 Å². The van der Waals surface area contributed by atoms with Crippen LogP contribution in [0.3, 0.4) is 0 Å². The maximum atomic E-state index is 12.1. The minimum absolute atomic E-state index is 0.0520. The number of carbonyl (C=O) groups excluding carboxylic acids is 2. The molecule has 0 aliphatic rings. The molecule has 0 aliphatic carbocycles. The van der Waals surface area contributed by atoms with Crippen molar-refractivity contribution in [2.75, 3.05) is 7.11 Å². The number of nitriles is 1. The normalized spacial score (nSPS) is 12.0. The number of hydrogen-bond acceptors (Lipinski definition) is 7. The second-order valence-electron chi connectivity index (χ2n) is 5.62. The summed E-state index contributed by atoms with van der Waals surface area (Å²) in [6.45, 7) is 4.86. The highest BCUT2D eigenvalue weighted by Crippen LogP contribution is 2.30. The molecule has 0 amide bonds. The number of carbonyl (C=O) groups is 2. The zero-order chi connectivity index (χ0) is 17.8. The fourth-order valence-corrected chi connectivity index (χ4v) is 1.80. The molecule has 0 bridgehead atoms. The van der Waals surface area contributed by atoms with E-state index < -0.39 is 34.1 Å². The van der Waals surface area contributed by atoms with Crippen molar-refractivity contribution in [3.8, 4) is 6.07 Å². The van der Waals surface area contributed by atoms with Gasteiger partial charge in [0.15, 0.2) is 5.92 Å². The van der Waals surface area contributed by atoms with Gasteiger partial charge in [-0.1, -0.05) is 0 Å². The maximum Gasteiger partial charge on any atom is 0.338 e. The highest BCUT2D eigenvalue weighted by Gasteiger charge is 2.32. The first kappa shape index (κ1) is 18.1. The summed E-state index contributed by atoms with van der Waals surface area (Å²) in [5.74, 6) is -3.12.